The summed E-state index contributed by atoms with van der Waals surface area (Å²) in [6.45, 7) is 6.92. The number of aryl methyl sites for hydroxylation is 1. The highest BCUT2D eigenvalue weighted by atomic mass is 15.0. The van der Waals surface area contributed by atoms with E-state index in [2.05, 4.69) is 26.1 Å². The van der Waals surface area contributed by atoms with Crippen LogP contribution in [0.3, 0.4) is 0 Å². The van der Waals surface area contributed by atoms with E-state index in [1.165, 1.54) is 0 Å². The Balaban J connectivity index is 1.95. The number of rotatable bonds is 5. The highest BCUT2D eigenvalue weighted by Crippen LogP contribution is 2.26. The van der Waals surface area contributed by atoms with Crippen LogP contribution in [0.1, 0.15) is 13.3 Å². The average molecular weight is 290 g/mol. The van der Waals surface area contributed by atoms with Crippen molar-refractivity contribution in [2.75, 3.05) is 0 Å². The quantitative estimate of drug-likeness (QED) is 0.667. The Bertz CT molecular complexity index is 824. The van der Waals surface area contributed by atoms with Crippen molar-refractivity contribution in [2.24, 2.45) is 0 Å². The predicted octanol–water partition coefficient (Wildman–Crippen LogP) is 4.02. The van der Waals surface area contributed by atoms with Crippen LogP contribution < -0.4 is 0 Å². The van der Waals surface area contributed by atoms with Crippen LogP contribution in [0.2, 0.25) is 0 Å². The van der Waals surface area contributed by atoms with Gasteiger partial charge in [0.2, 0.25) is 0 Å². The topological polar surface area (TPSA) is 43.6 Å². The molecular formula is C18H18N4. The number of allylic oxidation sites excluding steroid dienone is 3. The number of fused-ring (bicyclic) bond motifs is 1. The van der Waals surface area contributed by atoms with Gasteiger partial charge in [-0.2, -0.15) is 0 Å². The summed E-state index contributed by atoms with van der Waals surface area (Å²) >= 11 is 0. The molecule has 110 valence electrons. The Morgan fingerprint density at radius 2 is 2.14 bits per heavy atom. The Morgan fingerprint density at radius 1 is 1.23 bits per heavy atom. The number of hydrogen-bond acceptors (Lipinski definition) is 3. The van der Waals surface area contributed by atoms with Crippen LogP contribution >= 0.6 is 0 Å². The van der Waals surface area contributed by atoms with E-state index < -0.39 is 0 Å². The van der Waals surface area contributed by atoms with Crippen molar-refractivity contribution >= 4 is 10.9 Å². The zero-order valence-corrected chi connectivity index (χ0v) is 12.6. The molecule has 3 aromatic rings. The summed E-state index contributed by atoms with van der Waals surface area (Å²) in [7, 11) is 0. The number of hydrogen-bond donors (Lipinski definition) is 0. The molecule has 0 radical (unpaired) electrons. The summed E-state index contributed by atoms with van der Waals surface area (Å²) in [5, 5.41) is 1.09. The first kappa shape index (κ1) is 14.2. The zero-order valence-electron chi connectivity index (χ0n) is 12.6. The molecule has 0 bridgehead atoms. The molecule has 0 unspecified atom stereocenters. The fraction of sp³-hybridized carbons (Fsp3) is 0.167. The van der Waals surface area contributed by atoms with Crippen molar-refractivity contribution in [2.45, 2.75) is 19.9 Å². The Labute approximate surface area is 129 Å². The summed E-state index contributed by atoms with van der Waals surface area (Å²) in [5.41, 5.74) is 4.23. The predicted molar refractivity (Wildman–Crippen MR) is 89.3 cm³/mol. The SMILES string of the molecule is C=C(C=CC)CCn1cncc1-c1ccnc2cnccc12. The van der Waals surface area contributed by atoms with Gasteiger partial charge in [-0.25, -0.2) is 4.98 Å². The lowest BCUT2D eigenvalue weighted by Crippen LogP contribution is -2.00. The van der Waals surface area contributed by atoms with Gasteiger partial charge in [0.05, 0.1) is 29.9 Å². The maximum Gasteiger partial charge on any atom is 0.0951 e. The third kappa shape index (κ3) is 2.81. The fourth-order valence-electron chi connectivity index (χ4n) is 2.53. The third-order valence-electron chi connectivity index (χ3n) is 3.61. The lowest BCUT2D eigenvalue weighted by atomic mass is 10.1. The van der Waals surface area contributed by atoms with E-state index in [0.29, 0.717) is 0 Å². The highest BCUT2D eigenvalue weighted by Gasteiger charge is 2.09. The van der Waals surface area contributed by atoms with Gasteiger partial charge in [0.15, 0.2) is 0 Å². The van der Waals surface area contributed by atoms with E-state index in [1.807, 2.05) is 49.9 Å². The lowest BCUT2D eigenvalue weighted by molar-refractivity contribution is 0.705. The van der Waals surface area contributed by atoms with E-state index in [0.717, 1.165) is 40.7 Å². The first-order valence-electron chi connectivity index (χ1n) is 7.29. The monoisotopic (exact) mass is 290 g/mol. The summed E-state index contributed by atoms with van der Waals surface area (Å²) in [4.78, 5) is 12.8. The molecule has 0 aromatic carbocycles. The molecule has 22 heavy (non-hydrogen) atoms. The Morgan fingerprint density at radius 3 is 3.00 bits per heavy atom. The fourth-order valence-corrected chi connectivity index (χ4v) is 2.53. The van der Waals surface area contributed by atoms with Gasteiger partial charge in [-0.3, -0.25) is 9.97 Å². The first-order valence-corrected chi connectivity index (χ1v) is 7.29. The van der Waals surface area contributed by atoms with E-state index in [1.54, 1.807) is 12.4 Å². The maximum absolute atomic E-state index is 4.36. The molecule has 4 nitrogen and oxygen atoms in total. The highest BCUT2D eigenvalue weighted by molar-refractivity contribution is 5.92. The normalized spacial score (nSPS) is 11.3. The van der Waals surface area contributed by atoms with Crippen molar-refractivity contribution < 1.29 is 0 Å². The molecule has 3 rings (SSSR count). The standard InChI is InChI=1S/C18H18N4/c1-3-4-14(2)7-10-22-13-20-12-18(22)16-6-9-21-17-11-19-8-5-15(16)17/h3-6,8-9,11-13H,2,7,10H2,1H3. The molecule has 0 amide bonds. The van der Waals surface area contributed by atoms with E-state index in [4.69, 9.17) is 0 Å². The minimum atomic E-state index is 0.855. The van der Waals surface area contributed by atoms with Crippen LogP contribution in [0.25, 0.3) is 22.2 Å². The van der Waals surface area contributed by atoms with Crippen molar-refractivity contribution in [1.82, 2.24) is 19.5 Å². The summed E-state index contributed by atoms with van der Waals surface area (Å²) < 4.78 is 2.16. The molecule has 0 atom stereocenters. The van der Waals surface area contributed by atoms with Crippen molar-refractivity contribution in [3.8, 4) is 11.3 Å². The summed E-state index contributed by atoms with van der Waals surface area (Å²) in [5.74, 6) is 0. The van der Waals surface area contributed by atoms with Crippen LogP contribution in [-0.2, 0) is 6.54 Å². The van der Waals surface area contributed by atoms with Gasteiger partial charge in [0.25, 0.3) is 0 Å². The van der Waals surface area contributed by atoms with E-state index >= 15 is 0 Å². The van der Waals surface area contributed by atoms with Gasteiger partial charge in [-0.1, -0.05) is 24.3 Å². The van der Waals surface area contributed by atoms with Gasteiger partial charge in [-0.15, -0.1) is 0 Å². The van der Waals surface area contributed by atoms with Gasteiger partial charge in [-0.05, 0) is 25.5 Å². The van der Waals surface area contributed by atoms with E-state index in [9.17, 15) is 0 Å². The molecular weight excluding hydrogens is 272 g/mol. The van der Waals surface area contributed by atoms with Gasteiger partial charge in [0.1, 0.15) is 0 Å². The second-order valence-corrected chi connectivity index (χ2v) is 5.13. The molecule has 0 spiro atoms. The van der Waals surface area contributed by atoms with Crippen LogP contribution in [0.4, 0.5) is 0 Å². The maximum atomic E-state index is 4.36. The third-order valence-corrected chi connectivity index (χ3v) is 3.61. The smallest absolute Gasteiger partial charge is 0.0951 e. The van der Waals surface area contributed by atoms with Crippen LogP contribution in [0, 0.1) is 0 Å². The Hall–Kier alpha value is -2.75. The van der Waals surface area contributed by atoms with E-state index in [-0.39, 0.29) is 0 Å². The minimum Gasteiger partial charge on any atom is -0.330 e. The molecule has 0 aliphatic heterocycles. The number of nitrogens with zero attached hydrogens (tertiary/aromatic N) is 4. The summed E-state index contributed by atoms with van der Waals surface area (Å²) in [6, 6.07) is 4.02. The van der Waals surface area contributed by atoms with Gasteiger partial charge >= 0.3 is 0 Å². The molecule has 0 fully saturated rings. The number of imidazole rings is 1. The minimum absolute atomic E-state index is 0.855. The average Bonchev–Trinajstić information content (AvgIpc) is 3.01. The van der Waals surface area contributed by atoms with Gasteiger partial charge < -0.3 is 4.57 Å². The lowest BCUT2D eigenvalue weighted by Gasteiger charge is -2.10. The molecule has 0 saturated heterocycles. The summed E-state index contributed by atoms with van der Waals surface area (Å²) in [6.07, 6.45) is 14.1. The number of pyridine rings is 2. The molecule has 0 aliphatic carbocycles. The second-order valence-electron chi connectivity index (χ2n) is 5.13. The van der Waals surface area contributed by atoms with Crippen LogP contribution in [0.15, 0.2) is 67.6 Å². The van der Waals surface area contributed by atoms with Crippen molar-refractivity contribution in [1.29, 1.82) is 0 Å². The largest absolute Gasteiger partial charge is 0.330 e. The molecule has 4 heteroatoms. The van der Waals surface area contributed by atoms with Crippen LogP contribution in [-0.4, -0.2) is 19.5 Å². The van der Waals surface area contributed by atoms with Crippen molar-refractivity contribution in [3.05, 3.63) is 67.6 Å². The van der Waals surface area contributed by atoms with Gasteiger partial charge in [0, 0.05) is 29.9 Å². The van der Waals surface area contributed by atoms with Crippen LogP contribution in [0.5, 0.6) is 0 Å². The molecule has 3 heterocycles. The Kier molecular flexibility index (Phi) is 4.10. The zero-order chi connectivity index (χ0) is 15.4. The van der Waals surface area contributed by atoms with Crippen molar-refractivity contribution in [3.63, 3.8) is 0 Å². The first-order chi connectivity index (χ1) is 10.8. The molecule has 0 aliphatic rings. The molecule has 0 saturated carbocycles. The number of aromatic nitrogens is 4. The molecule has 3 aromatic heterocycles. The molecule has 0 N–H and O–H groups in total. The second kappa shape index (κ2) is 6.35.